The van der Waals surface area contributed by atoms with Gasteiger partial charge in [0, 0.05) is 20.5 Å². The molecule has 2 atom stereocenters. The first kappa shape index (κ1) is 10.6. The zero-order valence-corrected chi connectivity index (χ0v) is 7.80. The van der Waals surface area contributed by atoms with E-state index in [1.165, 1.54) is 6.08 Å². The molecule has 0 aromatic carbocycles. The van der Waals surface area contributed by atoms with Crippen LogP contribution in [0.5, 0.6) is 0 Å². The van der Waals surface area contributed by atoms with Crippen molar-refractivity contribution in [2.45, 2.75) is 31.5 Å². The summed E-state index contributed by atoms with van der Waals surface area (Å²) in [5, 5.41) is 0. The van der Waals surface area contributed by atoms with E-state index in [4.69, 9.17) is 9.47 Å². The molecule has 0 aromatic heterocycles. The lowest BCUT2D eigenvalue weighted by Gasteiger charge is -2.02. The summed E-state index contributed by atoms with van der Waals surface area (Å²) in [5.74, 6) is -2.74. The standard InChI is InChI=1S/C9H14F2O2/c1-9(10,11)4-3-5-13-8-6-7(8)12-2/h3-4,7-8H,5-6H2,1-2H3. The van der Waals surface area contributed by atoms with Crippen molar-refractivity contribution in [2.75, 3.05) is 13.7 Å². The van der Waals surface area contributed by atoms with Crippen molar-refractivity contribution in [1.29, 1.82) is 0 Å². The molecule has 1 saturated carbocycles. The highest BCUT2D eigenvalue weighted by Gasteiger charge is 2.38. The number of ether oxygens (including phenoxy) is 2. The van der Waals surface area contributed by atoms with Crippen LogP contribution in [0.25, 0.3) is 0 Å². The third kappa shape index (κ3) is 4.33. The van der Waals surface area contributed by atoms with E-state index in [9.17, 15) is 8.78 Å². The van der Waals surface area contributed by atoms with E-state index in [0.29, 0.717) is 0 Å². The number of alkyl halides is 2. The van der Waals surface area contributed by atoms with E-state index in [2.05, 4.69) is 0 Å². The Kier molecular flexibility index (Phi) is 3.39. The van der Waals surface area contributed by atoms with Gasteiger partial charge < -0.3 is 9.47 Å². The molecule has 0 N–H and O–H groups in total. The topological polar surface area (TPSA) is 18.5 Å². The van der Waals surface area contributed by atoms with Crippen LogP contribution in [0.4, 0.5) is 8.78 Å². The van der Waals surface area contributed by atoms with Crippen LogP contribution >= 0.6 is 0 Å². The smallest absolute Gasteiger partial charge is 0.263 e. The lowest BCUT2D eigenvalue weighted by atomic mass is 10.3. The van der Waals surface area contributed by atoms with Crippen molar-refractivity contribution in [3.63, 3.8) is 0 Å². The average Bonchev–Trinajstić information content (AvgIpc) is 2.75. The van der Waals surface area contributed by atoms with E-state index in [1.54, 1.807) is 7.11 Å². The maximum atomic E-state index is 12.2. The molecule has 4 heteroatoms. The van der Waals surface area contributed by atoms with Crippen molar-refractivity contribution in [2.24, 2.45) is 0 Å². The van der Waals surface area contributed by atoms with E-state index >= 15 is 0 Å². The summed E-state index contributed by atoms with van der Waals surface area (Å²) in [4.78, 5) is 0. The normalized spacial score (nSPS) is 28.3. The van der Waals surface area contributed by atoms with E-state index in [1.807, 2.05) is 0 Å². The fourth-order valence-corrected chi connectivity index (χ4v) is 1.01. The molecule has 0 saturated heterocycles. The van der Waals surface area contributed by atoms with Crippen molar-refractivity contribution in [1.82, 2.24) is 0 Å². The molecular formula is C9H14F2O2. The summed E-state index contributed by atoms with van der Waals surface area (Å²) in [6.07, 6.45) is 3.31. The molecule has 2 unspecified atom stereocenters. The Morgan fingerprint density at radius 1 is 1.46 bits per heavy atom. The van der Waals surface area contributed by atoms with Gasteiger partial charge in [-0.2, -0.15) is 0 Å². The highest BCUT2D eigenvalue weighted by Crippen LogP contribution is 2.28. The molecular weight excluding hydrogens is 178 g/mol. The van der Waals surface area contributed by atoms with Gasteiger partial charge in [0.25, 0.3) is 5.92 Å². The zero-order chi connectivity index (χ0) is 9.90. The van der Waals surface area contributed by atoms with E-state index in [-0.39, 0.29) is 18.8 Å². The molecule has 1 aliphatic carbocycles. The Balaban J connectivity index is 2.05. The SMILES string of the molecule is COC1CC1OCC=CC(C)(F)F. The number of rotatable bonds is 5. The van der Waals surface area contributed by atoms with Crippen molar-refractivity contribution >= 4 is 0 Å². The van der Waals surface area contributed by atoms with Gasteiger partial charge in [0.15, 0.2) is 0 Å². The first-order valence-corrected chi connectivity index (χ1v) is 4.23. The molecule has 1 rings (SSSR count). The lowest BCUT2D eigenvalue weighted by molar-refractivity contribution is 0.0691. The van der Waals surface area contributed by atoms with E-state index in [0.717, 1.165) is 19.4 Å². The predicted molar refractivity (Wildman–Crippen MR) is 44.9 cm³/mol. The molecule has 76 valence electrons. The Morgan fingerprint density at radius 2 is 2.15 bits per heavy atom. The number of allylic oxidation sites excluding steroid dienone is 1. The third-order valence-electron chi connectivity index (χ3n) is 1.80. The van der Waals surface area contributed by atoms with Crippen molar-refractivity contribution in [3.8, 4) is 0 Å². The van der Waals surface area contributed by atoms with Crippen LogP contribution in [0.3, 0.4) is 0 Å². The quantitative estimate of drug-likeness (QED) is 0.620. The third-order valence-corrected chi connectivity index (χ3v) is 1.80. The number of methoxy groups -OCH3 is 1. The van der Waals surface area contributed by atoms with Gasteiger partial charge in [-0.3, -0.25) is 0 Å². The summed E-state index contributed by atoms with van der Waals surface area (Å²) in [6.45, 7) is 1.08. The largest absolute Gasteiger partial charge is 0.379 e. The van der Waals surface area contributed by atoms with Gasteiger partial charge in [-0.15, -0.1) is 0 Å². The van der Waals surface area contributed by atoms with Gasteiger partial charge in [-0.1, -0.05) is 6.08 Å². The van der Waals surface area contributed by atoms with Crippen LogP contribution in [0.15, 0.2) is 12.2 Å². The molecule has 0 radical (unpaired) electrons. The highest BCUT2D eigenvalue weighted by atomic mass is 19.3. The fraction of sp³-hybridized carbons (Fsp3) is 0.778. The van der Waals surface area contributed by atoms with Gasteiger partial charge in [-0.25, -0.2) is 8.78 Å². The molecule has 0 aromatic rings. The Labute approximate surface area is 76.5 Å². The first-order valence-electron chi connectivity index (χ1n) is 4.23. The Hall–Kier alpha value is -0.480. The predicted octanol–water partition coefficient (Wildman–Crippen LogP) is 2.00. The minimum Gasteiger partial charge on any atom is -0.379 e. The average molecular weight is 192 g/mol. The molecule has 0 aliphatic heterocycles. The molecule has 1 fully saturated rings. The maximum absolute atomic E-state index is 12.2. The molecule has 1 aliphatic rings. The van der Waals surface area contributed by atoms with Gasteiger partial charge in [0.2, 0.25) is 0 Å². The van der Waals surface area contributed by atoms with Crippen molar-refractivity contribution < 1.29 is 18.3 Å². The van der Waals surface area contributed by atoms with Crippen LogP contribution < -0.4 is 0 Å². The summed E-state index contributed by atoms with van der Waals surface area (Å²) in [7, 11) is 1.62. The number of hydrogen-bond acceptors (Lipinski definition) is 2. The van der Waals surface area contributed by atoms with Crippen molar-refractivity contribution in [3.05, 3.63) is 12.2 Å². The van der Waals surface area contributed by atoms with Crippen LogP contribution in [0.2, 0.25) is 0 Å². The van der Waals surface area contributed by atoms with Gasteiger partial charge in [0.1, 0.15) is 0 Å². The number of hydrogen-bond donors (Lipinski definition) is 0. The zero-order valence-electron chi connectivity index (χ0n) is 7.80. The first-order chi connectivity index (χ1) is 6.03. The summed E-state index contributed by atoms with van der Waals surface area (Å²) >= 11 is 0. The van der Waals surface area contributed by atoms with E-state index < -0.39 is 5.92 Å². The van der Waals surface area contributed by atoms with Crippen LogP contribution in [-0.4, -0.2) is 31.8 Å². The minimum atomic E-state index is -2.74. The van der Waals surface area contributed by atoms with Gasteiger partial charge in [0.05, 0.1) is 18.8 Å². The lowest BCUT2D eigenvalue weighted by Crippen LogP contribution is -2.05. The molecule has 0 amide bonds. The molecule has 2 nitrogen and oxygen atoms in total. The Morgan fingerprint density at radius 3 is 2.62 bits per heavy atom. The van der Waals surface area contributed by atoms with Gasteiger partial charge >= 0.3 is 0 Å². The molecule has 0 spiro atoms. The minimum absolute atomic E-state index is 0.0973. The second kappa shape index (κ2) is 4.15. The van der Waals surface area contributed by atoms with Crippen LogP contribution in [0.1, 0.15) is 13.3 Å². The highest BCUT2D eigenvalue weighted by molar-refractivity contribution is 4.94. The molecule has 0 heterocycles. The monoisotopic (exact) mass is 192 g/mol. The second-order valence-electron chi connectivity index (χ2n) is 3.24. The molecule has 13 heavy (non-hydrogen) atoms. The summed E-state index contributed by atoms with van der Waals surface area (Å²) < 4.78 is 34.7. The number of halogens is 2. The summed E-state index contributed by atoms with van der Waals surface area (Å²) in [6, 6.07) is 0. The van der Waals surface area contributed by atoms with Crippen LogP contribution in [0, 0.1) is 0 Å². The molecule has 0 bridgehead atoms. The second-order valence-corrected chi connectivity index (χ2v) is 3.24. The maximum Gasteiger partial charge on any atom is 0.263 e. The summed E-state index contributed by atoms with van der Waals surface area (Å²) in [5.41, 5.74) is 0. The van der Waals surface area contributed by atoms with Gasteiger partial charge in [-0.05, 0) is 6.08 Å². The fourth-order valence-electron chi connectivity index (χ4n) is 1.01. The Bertz CT molecular complexity index is 187. The van der Waals surface area contributed by atoms with Crippen LogP contribution in [-0.2, 0) is 9.47 Å².